The number of rotatable bonds is 8. The Bertz CT molecular complexity index is 340. The number of nitrogens with one attached hydrogen (secondary N) is 1. The van der Waals surface area contributed by atoms with Crippen molar-refractivity contribution in [2.45, 2.75) is 13.8 Å². The van der Waals surface area contributed by atoms with Crippen molar-refractivity contribution in [1.29, 1.82) is 0 Å². The van der Waals surface area contributed by atoms with E-state index in [-0.39, 0.29) is 18.5 Å². The van der Waals surface area contributed by atoms with Gasteiger partial charge in [0.1, 0.15) is 5.70 Å². The van der Waals surface area contributed by atoms with Gasteiger partial charge in [0.25, 0.3) is 0 Å². The van der Waals surface area contributed by atoms with Crippen molar-refractivity contribution in [2.24, 2.45) is 0 Å². The van der Waals surface area contributed by atoms with Crippen LogP contribution in [-0.2, 0) is 23.4 Å². The molecule has 98 valence electrons. The largest absolute Gasteiger partial charge is 0.461 e. The van der Waals surface area contributed by atoms with E-state index in [0.717, 1.165) is 0 Å². The fourth-order valence-electron chi connectivity index (χ4n) is 1.06. The van der Waals surface area contributed by atoms with Crippen LogP contribution in [0.1, 0.15) is 13.8 Å². The molecule has 0 aliphatic rings. The highest BCUT2D eigenvalue weighted by Crippen LogP contribution is 2.42. The molecule has 0 aromatic carbocycles. The molecule has 0 aromatic rings. The molecule has 1 N–H and O–H groups in total. The predicted molar refractivity (Wildman–Crippen MR) is 63.9 cm³/mol. The Balaban J connectivity index is 4.65. The van der Waals surface area contributed by atoms with E-state index in [1.807, 2.05) is 0 Å². The van der Waals surface area contributed by atoms with E-state index in [0.29, 0.717) is 13.0 Å². The second-order valence-electron chi connectivity index (χ2n) is 3.21. The summed E-state index contributed by atoms with van der Waals surface area (Å²) < 4.78 is 21.5. The van der Waals surface area contributed by atoms with Crippen molar-refractivity contribution in [2.75, 3.05) is 26.0 Å². The minimum Gasteiger partial charge on any atom is -0.461 e. The van der Waals surface area contributed by atoms with Crippen molar-refractivity contribution in [3.05, 3.63) is 11.8 Å². The molecule has 0 bridgehead atoms. The van der Waals surface area contributed by atoms with Gasteiger partial charge in [0.15, 0.2) is 0 Å². The van der Waals surface area contributed by atoms with Crippen molar-refractivity contribution >= 4 is 19.7 Å². The Morgan fingerprint density at radius 2 is 2.00 bits per heavy atom. The highest BCUT2D eigenvalue weighted by atomic mass is 31.2. The van der Waals surface area contributed by atoms with Gasteiger partial charge in [-0.2, -0.15) is 0 Å². The van der Waals surface area contributed by atoms with Crippen LogP contribution in [0.2, 0.25) is 0 Å². The summed E-state index contributed by atoms with van der Waals surface area (Å²) in [4.78, 5) is 21.7. The molecule has 0 saturated carbocycles. The monoisotopic (exact) mass is 263 g/mol. The molecule has 1 unspecified atom stereocenters. The lowest BCUT2D eigenvalue weighted by Gasteiger charge is -2.11. The third kappa shape index (κ3) is 6.92. The molecule has 0 heterocycles. The molecule has 0 radical (unpaired) electrons. The van der Waals surface area contributed by atoms with E-state index >= 15 is 0 Å². The van der Waals surface area contributed by atoms with Gasteiger partial charge in [-0.1, -0.05) is 0 Å². The summed E-state index contributed by atoms with van der Waals surface area (Å²) >= 11 is 0. The van der Waals surface area contributed by atoms with Gasteiger partial charge in [0.2, 0.25) is 13.8 Å². The average molecular weight is 263 g/mol. The third-order valence-electron chi connectivity index (χ3n) is 1.74. The number of allylic oxidation sites excluding steroid dienone is 1. The van der Waals surface area contributed by atoms with Crippen LogP contribution in [-0.4, -0.2) is 38.4 Å². The molecule has 0 rings (SSSR count). The summed E-state index contributed by atoms with van der Waals surface area (Å²) in [6.07, 6.45) is 1.78. The first kappa shape index (κ1) is 15.9. The number of esters is 1. The maximum atomic E-state index is 11.8. The lowest BCUT2D eigenvalue weighted by atomic mass is 10.4. The predicted octanol–water partition coefficient (Wildman–Crippen LogP) is 1.12. The summed E-state index contributed by atoms with van der Waals surface area (Å²) in [5, 5.41) is 2.21. The van der Waals surface area contributed by atoms with Crippen LogP contribution in [0.4, 0.5) is 0 Å². The van der Waals surface area contributed by atoms with Gasteiger partial charge < -0.3 is 14.6 Å². The average Bonchev–Trinajstić information content (AvgIpc) is 2.24. The van der Waals surface area contributed by atoms with E-state index in [9.17, 15) is 14.2 Å². The molecule has 0 aliphatic heterocycles. The number of hydrogen-bond donors (Lipinski definition) is 1. The van der Waals surface area contributed by atoms with Gasteiger partial charge in [0.05, 0.1) is 13.2 Å². The highest BCUT2D eigenvalue weighted by Gasteiger charge is 2.16. The van der Waals surface area contributed by atoms with Crippen LogP contribution in [0.3, 0.4) is 0 Å². The zero-order valence-corrected chi connectivity index (χ0v) is 11.2. The molecule has 0 saturated heterocycles. The first-order valence-corrected chi connectivity index (χ1v) is 7.51. The van der Waals surface area contributed by atoms with Gasteiger partial charge in [-0.05, 0) is 19.9 Å². The molecule has 0 aromatic heterocycles. The number of ether oxygens (including phenoxy) is 1. The maximum absolute atomic E-state index is 11.8. The zero-order valence-electron chi connectivity index (χ0n) is 10.3. The molecular weight excluding hydrogens is 245 g/mol. The van der Waals surface area contributed by atoms with E-state index in [2.05, 4.69) is 5.32 Å². The summed E-state index contributed by atoms with van der Waals surface area (Å²) in [5.74, 6) is -0.656. The van der Waals surface area contributed by atoms with Crippen molar-refractivity contribution in [1.82, 2.24) is 5.32 Å². The van der Waals surface area contributed by atoms with Crippen LogP contribution in [0.15, 0.2) is 11.8 Å². The normalized spacial score (nSPS) is 14.9. The third-order valence-corrected chi connectivity index (χ3v) is 3.39. The van der Waals surface area contributed by atoms with Gasteiger partial charge in [-0.3, -0.25) is 9.36 Å². The fraction of sp³-hybridized carbons (Fsp3) is 0.600. The van der Waals surface area contributed by atoms with Gasteiger partial charge in [-0.25, -0.2) is 4.79 Å². The van der Waals surface area contributed by atoms with E-state index in [4.69, 9.17) is 9.26 Å². The number of hydrogen-bond acceptors (Lipinski definition) is 5. The number of amides is 1. The summed E-state index contributed by atoms with van der Waals surface area (Å²) in [5.41, 5.74) is -0.0244. The number of carbonyl (C=O) groups is 2. The van der Waals surface area contributed by atoms with Crippen molar-refractivity contribution < 1.29 is 23.4 Å². The van der Waals surface area contributed by atoms with E-state index < -0.39 is 13.3 Å². The summed E-state index contributed by atoms with van der Waals surface area (Å²) in [6, 6.07) is 0. The Hall–Kier alpha value is -1.13. The van der Waals surface area contributed by atoms with Crippen LogP contribution in [0.5, 0.6) is 0 Å². The molecule has 0 fully saturated rings. The smallest absolute Gasteiger partial charge is 0.354 e. The van der Waals surface area contributed by atoms with Crippen molar-refractivity contribution in [3.8, 4) is 0 Å². The standard InChI is InChI=1S/C10H18NO5P/c1-4-15-10(13)9(11-8-12)6-7-17(3,14)16-5-2/h6,8H,4-5,7H2,1-3H3,(H,11,12)/b9-6-. The second kappa shape index (κ2) is 8.03. The SMILES string of the molecule is CCOC(=O)/C(=C/CP(C)(=O)OCC)NC=O. The van der Waals surface area contributed by atoms with E-state index in [1.54, 1.807) is 13.8 Å². The Morgan fingerprint density at radius 1 is 1.35 bits per heavy atom. The maximum Gasteiger partial charge on any atom is 0.354 e. The molecule has 0 spiro atoms. The Morgan fingerprint density at radius 3 is 2.47 bits per heavy atom. The summed E-state index contributed by atoms with van der Waals surface area (Å²) in [6.45, 7) is 5.39. The van der Waals surface area contributed by atoms with Crippen LogP contribution < -0.4 is 5.32 Å². The molecule has 7 heteroatoms. The first-order chi connectivity index (χ1) is 7.96. The first-order valence-electron chi connectivity index (χ1n) is 5.25. The quantitative estimate of drug-likeness (QED) is 0.307. The minimum absolute atomic E-state index is 0.0244. The zero-order chi connectivity index (χ0) is 13.3. The Kier molecular flexibility index (Phi) is 7.50. The van der Waals surface area contributed by atoms with E-state index in [1.165, 1.54) is 12.7 Å². The topological polar surface area (TPSA) is 81.7 Å². The highest BCUT2D eigenvalue weighted by molar-refractivity contribution is 7.58. The minimum atomic E-state index is -2.77. The van der Waals surface area contributed by atoms with Crippen LogP contribution in [0, 0.1) is 0 Å². The van der Waals surface area contributed by atoms with Crippen LogP contribution >= 0.6 is 7.37 Å². The second-order valence-corrected chi connectivity index (χ2v) is 5.87. The molecule has 1 amide bonds. The Labute approximate surface area is 101 Å². The van der Waals surface area contributed by atoms with Gasteiger partial charge in [0, 0.05) is 12.8 Å². The lowest BCUT2D eigenvalue weighted by Crippen LogP contribution is -2.21. The van der Waals surface area contributed by atoms with Crippen LogP contribution in [0.25, 0.3) is 0 Å². The van der Waals surface area contributed by atoms with Gasteiger partial charge >= 0.3 is 5.97 Å². The van der Waals surface area contributed by atoms with Crippen molar-refractivity contribution in [3.63, 3.8) is 0 Å². The number of carbonyl (C=O) groups excluding carboxylic acids is 2. The molecule has 1 atom stereocenters. The lowest BCUT2D eigenvalue weighted by molar-refractivity contribution is -0.139. The molecular formula is C10H18NO5P. The molecule has 0 aliphatic carbocycles. The molecule has 6 nitrogen and oxygen atoms in total. The summed E-state index contributed by atoms with van der Waals surface area (Å²) in [7, 11) is -2.77. The van der Waals surface area contributed by atoms with Gasteiger partial charge in [-0.15, -0.1) is 0 Å². The fourth-order valence-corrected chi connectivity index (χ4v) is 2.22. The molecule has 17 heavy (non-hydrogen) atoms.